The van der Waals surface area contributed by atoms with Crippen LogP contribution in [0.3, 0.4) is 0 Å². The molecule has 0 fully saturated rings. The second kappa shape index (κ2) is 6.12. The van der Waals surface area contributed by atoms with Crippen LogP contribution in [0.15, 0.2) is 36.5 Å². The third-order valence-electron chi connectivity index (χ3n) is 2.50. The highest BCUT2D eigenvalue weighted by Crippen LogP contribution is 2.20. The highest BCUT2D eigenvalue weighted by atomic mass is 16.5. The fraction of sp³-hybridized carbons (Fsp3) is 0.286. The Morgan fingerprint density at radius 3 is 3.06 bits per heavy atom. The molecule has 4 heteroatoms. The van der Waals surface area contributed by atoms with E-state index in [9.17, 15) is 4.79 Å². The molecule has 1 aromatic carbocycles. The van der Waals surface area contributed by atoms with Crippen LogP contribution in [0.4, 0.5) is 5.69 Å². The quantitative estimate of drug-likeness (QED) is 0.822. The van der Waals surface area contributed by atoms with Crippen LogP contribution in [0.2, 0.25) is 0 Å². The first-order valence-electron chi connectivity index (χ1n) is 6.02. The Morgan fingerprint density at radius 2 is 2.22 bits per heavy atom. The Hall–Kier alpha value is -1.94. The van der Waals surface area contributed by atoms with Crippen molar-refractivity contribution in [2.45, 2.75) is 13.3 Å². The van der Waals surface area contributed by atoms with E-state index in [2.05, 4.69) is 10.3 Å². The van der Waals surface area contributed by atoms with Crippen molar-refractivity contribution in [2.75, 3.05) is 18.5 Å². The maximum Gasteiger partial charge on any atom is 0.250 e. The van der Waals surface area contributed by atoms with Crippen molar-refractivity contribution in [3.8, 4) is 0 Å². The molecule has 1 heterocycles. The van der Waals surface area contributed by atoms with Crippen molar-refractivity contribution in [2.24, 2.45) is 0 Å². The van der Waals surface area contributed by atoms with Gasteiger partial charge in [0.05, 0.1) is 11.2 Å². The van der Waals surface area contributed by atoms with Crippen LogP contribution in [0.25, 0.3) is 10.9 Å². The lowest BCUT2D eigenvalue weighted by Crippen LogP contribution is -2.18. The Kier molecular flexibility index (Phi) is 4.25. The molecule has 1 amide bonds. The molecule has 18 heavy (non-hydrogen) atoms. The van der Waals surface area contributed by atoms with E-state index in [1.807, 2.05) is 37.3 Å². The lowest BCUT2D eigenvalue weighted by molar-refractivity contribution is -0.120. The number of anilines is 1. The third kappa shape index (κ3) is 3.05. The summed E-state index contributed by atoms with van der Waals surface area (Å²) in [6, 6.07) is 9.44. The van der Waals surface area contributed by atoms with Crippen molar-refractivity contribution in [1.29, 1.82) is 0 Å². The smallest absolute Gasteiger partial charge is 0.250 e. The fourth-order valence-electron chi connectivity index (χ4n) is 1.71. The Morgan fingerprint density at radius 1 is 1.33 bits per heavy atom. The summed E-state index contributed by atoms with van der Waals surface area (Å²) < 4.78 is 5.20. The summed E-state index contributed by atoms with van der Waals surface area (Å²) in [7, 11) is 0. The zero-order valence-electron chi connectivity index (χ0n) is 10.3. The normalized spacial score (nSPS) is 10.5. The number of benzene rings is 1. The van der Waals surface area contributed by atoms with E-state index in [0.717, 1.165) is 23.0 Å². The van der Waals surface area contributed by atoms with Crippen molar-refractivity contribution in [3.63, 3.8) is 0 Å². The second-order valence-electron chi connectivity index (χ2n) is 3.98. The number of aromatic nitrogens is 1. The molecule has 0 aliphatic rings. The van der Waals surface area contributed by atoms with Gasteiger partial charge in [-0.25, -0.2) is 0 Å². The standard InChI is InChI=1S/C14H16N2O2/c1-2-9-18-10-14(17)16-13-7-3-6-12-11(13)5-4-8-15-12/h3-8H,2,9-10H2,1H3,(H,16,17). The van der Waals surface area contributed by atoms with Gasteiger partial charge in [-0.15, -0.1) is 0 Å². The van der Waals surface area contributed by atoms with E-state index in [0.29, 0.717) is 6.61 Å². The summed E-state index contributed by atoms with van der Waals surface area (Å²) >= 11 is 0. The first-order valence-corrected chi connectivity index (χ1v) is 6.02. The van der Waals surface area contributed by atoms with Gasteiger partial charge in [0.15, 0.2) is 0 Å². The van der Waals surface area contributed by atoms with E-state index in [1.54, 1.807) is 6.20 Å². The van der Waals surface area contributed by atoms with Crippen molar-refractivity contribution in [3.05, 3.63) is 36.5 Å². The number of hydrogen-bond acceptors (Lipinski definition) is 3. The van der Waals surface area contributed by atoms with E-state index < -0.39 is 0 Å². The molecule has 0 spiro atoms. The zero-order chi connectivity index (χ0) is 12.8. The Labute approximate surface area is 106 Å². The molecule has 94 valence electrons. The van der Waals surface area contributed by atoms with E-state index in [-0.39, 0.29) is 12.5 Å². The molecular weight excluding hydrogens is 228 g/mol. The molecule has 1 aromatic heterocycles. The number of fused-ring (bicyclic) bond motifs is 1. The van der Waals surface area contributed by atoms with Gasteiger partial charge in [0.2, 0.25) is 5.91 Å². The largest absolute Gasteiger partial charge is 0.372 e. The van der Waals surface area contributed by atoms with Crippen LogP contribution < -0.4 is 5.32 Å². The van der Waals surface area contributed by atoms with Gasteiger partial charge in [-0.05, 0) is 30.7 Å². The predicted octanol–water partition coefficient (Wildman–Crippen LogP) is 2.60. The van der Waals surface area contributed by atoms with Crippen LogP contribution in [-0.2, 0) is 9.53 Å². The van der Waals surface area contributed by atoms with Crippen LogP contribution in [0, 0.1) is 0 Å². The SMILES string of the molecule is CCCOCC(=O)Nc1cccc2ncccc12. The monoisotopic (exact) mass is 244 g/mol. The van der Waals surface area contributed by atoms with Gasteiger partial charge >= 0.3 is 0 Å². The average Bonchev–Trinajstić information content (AvgIpc) is 2.39. The topological polar surface area (TPSA) is 51.2 Å². The van der Waals surface area contributed by atoms with Gasteiger partial charge in [-0.1, -0.05) is 13.0 Å². The summed E-state index contributed by atoms with van der Waals surface area (Å²) in [5.74, 6) is -0.139. The van der Waals surface area contributed by atoms with E-state index in [4.69, 9.17) is 4.74 Å². The lowest BCUT2D eigenvalue weighted by Gasteiger charge is -2.08. The number of carbonyl (C=O) groups excluding carboxylic acids is 1. The molecule has 1 N–H and O–H groups in total. The lowest BCUT2D eigenvalue weighted by atomic mass is 10.2. The summed E-state index contributed by atoms with van der Waals surface area (Å²) in [4.78, 5) is 15.9. The molecule has 0 bridgehead atoms. The second-order valence-corrected chi connectivity index (χ2v) is 3.98. The number of carbonyl (C=O) groups is 1. The van der Waals surface area contributed by atoms with Gasteiger partial charge < -0.3 is 10.1 Å². The van der Waals surface area contributed by atoms with E-state index in [1.165, 1.54) is 0 Å². The molecular formula is C14H16N2O2. The maximum absolute atomic E-state index is 11.7. The molecule has 2 aromatic rings. The number of nitrogens with zero attached hydrogens (tertiary/aromatic N) is 1. The van der Waals surface area contributed by atoms with Gasteiger partial charge in [0.25, 0.3) is 0 Å². The number of pyridine rings is 1. The number of ether oxygens (including phenoxy) is 1. The highest BCUT2D eigenvalue weighted by molar-refractivity contribution is 6.01. The van der Waals surface area contributed by atoms with Crippen molar-refractivity contribution in [1.82, 2.24) is 4.98 Å². The molecule has 0 aliphatic heterocycles. The summed E-state index contributed by atoms with van der Waals surface area (Å²) in [6.45, 7) is 2.70. The van der Waals surface area contributed by atoms with Gasteiger partial charge in [-0.3, -0.25) is 9.78 Å². The van der Waals surface area contributed by atoms with Crippen molar-refractivity contribution >= 4 is 22.5 Å². The third-order valence-corrected chi connectivity index (χ3v) is 2.50. The summed E-state index contributed by atoms with van der Waals surface area (Å²) in [6.07, 6.45) is 2.64. The number of hydrogen-bond donors (Lipinski definition) is 1. The van der Waals surface area contributed by atoms with Gasteiger partial charge in [0.1, 0.15) is 6.61 Å². The minimum absolute atomic E-state index is 0.0878. The molecule has 0 radical (unpaired) electrons. The Balaban J connectivity index is 2.09. The fourth-order valence-corrected chi connectivity index (χ4v) is 1.71. The number of nitrogens with one attached hydrogen (secondary N) is 1. The summed E-state index contributed by atoms with van der Waals surface area (Å²) in [5, 5.41) is 3.77. The average molecular weight is 244 g/mol. The molecule has 0 unspecified atom stereocenters. The van der Waals surface area contributed by atoms with Crippen LogP contribution in [-0.4, -0.2) is 24.1 Å². The van der Waals surface area contributed by atoms with Crippen LogP contribution >= 0.6 is 0 Å². The minimum atomic E-state index is -0.139. The first-order chi connectivity index (χ1) is 8.81. The van der Waals surface area contributed by atoms with E-state index >= 15 is 0 Å². The van der Waals surface area contributed by atoms with Gasteiger partial charge in [-0.2, -0.15) is 0 Å². The van der Waals surface area contributed by atoms with Crippen molar-refractivity contribution < 1.29 is 9.53 Å². The summed E-state index contributed by atoms with van der Waals surface area (Å²) in [5.41, 5.74) is 1.63. The number of amides is 1. The molecule has 0 aliphatic carbocycles. The molecule has 2 rings (SSSR count). The Bertz CT molecular complexity index is 535. The minimum Gasteiger partial charge on any atom is -0.372 e. The molecule has 4 nitrogen and oxygen atoms in total. The zero-order valence-corrected chi connectivity index (χ0v) is 10.3. The predicted molar refractivity (Wildman–Crippen MR) is 71.5 cm³/mol. The first kappa shape index (κ1) is 12.5. The highest BCUT2D eigenvalue weighted by Gasteiger charge is 2.05. The molecule has 0 saturated heterocycles. The van der Waals surface area contributed by atoms with Crippen LogP contribution in [0.1, 0.15) is 13.3 Å². The maximum atomic E-state index is 11.7. The van der Waals surface area contributed by atoms with Crippen LogP contribution in [0.5, 0.6) is 0 Å². The molecule has 0 atom stereocenters. The molecule has 0 saturated carbocycles. The van der Waals surface area contributed by atoms with Gasteiger partial charge in [0, 0.05) is 18.2 Å². The number of rotatable bonds is 5.